The molecule has 3 rings (SSSR count). The number of aromatic nitrogens is 1. The van der Waals surface area contributed by atoms with Crippen LogP contribution in [0.25, 0.3) is 10.9 Å². The van der Waals surface area contributed by atoms with E-state index in [9.17, 15) is 9.59 Å². The number of ether oxygens (including phenoxy) is 1. The maximum absolute atomic E-state index is 13.0. The number of ketones is 1. The molecule has 0 amide bonds. The highest BCUT2D eigenvalue weighted by Gasteiger charge is 2.27. The van der Waals surface area contributed by atoms with Crippen molar-refractivity contribution in [1.29, 1.82) is 0 Å². The van der Waals surface area contributed by atoms with Gasteiger partial charge in [-0.25, -0.2) is 9.36 Å². The maximum Gasteiger partial charge on any atom is 0.419 e. The van der Waals surface area contributed by atoms with Gasteiger partial charge < -0.3 is 4.74 Å². The second kappa shape index (κ2) is 6.79. The highest BCUT2D eigenvalue weighted by atomic mass is 16.6. The van der Waals surface area contributed by atoms with Crippen molar-refractivity contribution in [2.45, 2.75) is 39.7 Å². The summed E-state index contributed by atoms with van der Waals surface area (Å²) in [7, 11) is 0. The fourth-order valence-corrected chi connectivity index (χ4v) is 3.16. The van der Waals surface area contributed by atoms with E-state index in [-0.39, 0.29) is 5.78 Å². The number of carbonyl (C=O) groups excluding carboxylic acids is 2. The third kappa shape index (κ3) is 3.54. The molecule has 0 radical (unpaired) electrons. The standard InChI is InChI=1S/C22H23NO3/c1-15(24)20-17-12-8-9-13-18(17)23(21(25)26-22(2,3)4)19(20)14-16-10-6-5-7-11-16/h5-13H,14H2,1-4H3. The third-order valence-electron chi connectivity index (χ3n) is 4.12. The zero-order valence-corrected chi connectivity index (χ0v) is 15.6. The van der Waals surface area contributed by atoms with Gasteiger partial charge in [-0.2, -0.15) is 0 Å². The SMILES string of the molecule is CC(=O)c1c(Cc2ccccc2)n(C(=O)OC(C)(C)C)c2ccccc12. The molecule has 0 aliphatic rings. The van der Waals surface area contributed by atoms with Crippen molar-refractivity contribution in [1.82, 2.24) is 4.57 Å². The van der Waals surface area contributed by atoms with Crippen molar-refractivity contribution in [2.24, 2.45) is 0 Å². The van der Waals surface area contributed by atoms with Gasteiger partial charge in [-0.1, -0.05) is 48.5 Å². The van der Waals surface area contributed by atoms with Crippen molar-refractivity contribution < 1.29 is 14.3 Å². The molecule has 0 unspecified atom stereocenters. The molecule has 0 fully saturated rings. The van der Waals surface area contributed by atoms with Crippen LogP contribution in [0.4, 0.5) is 4.79 Å². The summed E-state index contributed by atoms with van der Waals surface area (Å²) >= 11 is 0. The van der Waals surface area contributed by atoms with Crippen LogP contribution < -0.4 is 0 Å². The van der Waals surface area contributed by atoms with E-state index < -0.39 is 11.7 Å². The average molecular weight is 349 g/mol. The maximum atomic E-state index is 13.0. The molecular weight excluding hydrogens is 326 g/mol. The highest BCUT2D eigenvalue weighted by Crippen LogP contribution is 2.29. The van der Waals surface area contributed by atoms with Crippen molar-refractivity contribution in [3.05, 3.63) is 71.4 Å². The molecule has 0 saturated heterocycles. The smallest absolute Gasteiger partial charge is 0.419 e. The van der Waals surface area contributed by atoms with Crippen molar-refractivity contribution in [2.75, 3.05) is 0 Å². The van der Waals surface area contributed by atoms with Crippen LogP contribution in [0.1, 0.15) is 49.3 Å². The molecule has 4 heteroatoms. The summed E-state index contributed by atoms with van der Waals surface area (Å²) in [6, 6.07) is 17.3. The Kier molecular flexibility index (Phi) is 4.68. The van der Waals surface area contributed by atoms with Crippen LogP contribution >= 0.6 is 0 Å². The van der Waals surface area contributed by atoms with Crippen molar-refractivity contribution in [3.8, 4) is 0 Å². The molecular formula is C22H23NO3. The van der Waals surface area contributed by atoms with Gasteiger partial charge in [0.05, 0.1) is 5.52 Å². The quantitative estimate of drug-likeness (QED) is 0.609. The first-order chi connectivity index (χ1) is 12.3. The molecule has 4 nitrogen and oxygen atoms in total. The van der Waals surface area contributed by atoms with Crippen LogP contribution in [0.3, 0.4) is 0 Å². The summed E-state index contributed by atoms with van der Waals surface area (Å²) < 4.78 is 7.16. The van der Waals surface area contributed by atoms with Crippen molar-refractivity contribution in [3.63, 3.8) is 0 Å². The summed E-state index contributed by atoms with van der Waals surface area (Å²) in [6.45, 7) is 7.04. The summed E-state index contributed by atoms with van der Waals surface area (Å²) in [5, 5.41) is 0.775. The van der Waals surface area contributed by atoms with E-state index in [1.807, 2.05) is 75.4 Å². The molecule has 0 spiro atoms. The number of carbonyl (C=O) groups is 2. The molecule has 3 aromatic rings. The largest absolute Gasteiger partial charge is 0.443 e. The third-order valence-corrected chi connectivity index (χ3v) is 4.12. The second-order valence-corrected chi connectivity index (χ2v) is 7.37. The van der Waals surface area contributed by atoms with Crippen LogP contribution in [0.15, 0.2) is 54.6 Å². The van der Waals surface area contributed by atoms with Gasteiger partial charge >= 0.3 is 6.09 Å². The Morgan fingerprint density at radius 3 is 2.19 bits per heavy atom. The molecule has 0 atom stereocenters. The number of para-hydroxylation sites is 1. The Hall–Kier alpha value is -2.88. The zero-order chi connectivity index (χ0) is 18.9. The van der Waals surface area contributed by atoms with Gasteiger partial charge in [0.1, 0.15) is 5.60 Å². The van der Waals surface area contributed by atoms with E-state index in [1.54, 1.807) is 4.57 Å². The van der Waals surface area contributed by atoms with Crippen LogP contribution in [0.2, 0.25) is 0 Å². The molecule has 0 aliphatic heterocycles. The number of Topliss-reactive ketones (excluding diaryl/α,β-unsaturated/α-hetero) is 1. The molecule has 2 aromatic carbocycles. The lowest BCUT2D eigenvalue weighted by Gasteiger charge is -2.21. The first-order valence-corrected chi connectivity index (χ1v) is 8.68. The first-order valence-electron chi connectivity index (χ1n) is 8.68. The lowest BCUT2D eigenvalue weighted by molar-refractivity contribution is 0.0541. The number of benzene rings is 2. The molecule has 0 N–H and O–H groups in total. The van der Waals surface area contributed by atoms with Gasteiger partial charge in [0, 0.05) is 23.1 Å². The topological polar surface area (TPSA) is 48.3 Å². The fourth-order valence-electron chi connectivity index (χ4n) is 3.16. The normalized spacial score (nSPS) is 11.5. The van der Waals surface area contributed by atoms with E-state index >= 15 is 0 Å². The monoisotopic (exact) mass is 349 g/mol. The van der Waals surface area contributed by atoms with Gasteiger partial charge in [-0.15, -0.1) is 0 Å². The van der Waals surface area contributed by atoms with E-state index in [1.165, 1.54) is 6.92 Å². The van der Waals surface area contributed by atoms with Crippen molar-refractivity contribution >= 4 is 22.8 Å². The Bertz CT molecular complexity index is 962. The Labute approximate surface area is 153 Å². The number of hydrogen-bond donors (Lipinski definition) is 0. The minimum absolute atomic E-state index is 0.0607. The van der Waals surface area contributed by atoms with Crippen LogP contribution in [0, 0.1) is 0 Å². The summed E-state index contributed by atoms with van der Waals surface area (Å²) in [6.07, 6.45) is 0.0102. The molecule has 0 saturated carbocycles. The van der Waals surface area contributed by atoms with E-state index in [2.05, 4.69) is 0 Å². The van der Waals surface area contributed by atoms with E-state index in [0.29, 0.717) is 23.2 Å². The van der Waals surface area contributed by atoms with E-state index in [4.69, 9.17) is 4.74 Å². The predicted octanol–water partition coefficient (Wildman–Crippen LogP) is 5.22. The van der Waals surface area contributed by atoms with Gasteiger partial charge in [0.25, 0.3) is 0 Å². The Morgan fingerprint density at radius 2 is 1.58 bits per heavy atom. The predicted molar refractivity (Wildman–Crippen MR) is 103 cm³/mol. The molecule has 134 valence electrons. The van der Waals surface area contributed by atoms with Gasteiger partial charge in [0.15, 0.2) is 5.78 Å². The zero-order valence-electron chi connectivity index (χ0n) is 15.6. The Balaban J connectivity index is 2.25. The lowest BCUT2D eigenvalue weighted by atomic mass is 10.0. The number of nitrogens with zero attached hydrogens (tertiary/aromatic N) is 1. The molecule has 1 heterocycles. The van der Waals surface area contributed by atoms with Gasteiger partial charge in [-0.05, 0) is 39.3 Å². The molecule has 0 aliphatic carbocycles. The van der Waals surface area contributed by atoms with Crippen LogP contribution in [-0.2, 0) is 11.2 Å². The number of rotatable bonds is 3. The fraction of sp³-hybridized carbons (Fsp3) is 0.273. The molecule has 0 bridgehead atoms. The summed E-state index contributed by atoms with van der Waals surface area (Å²) in [4.78, 5) is 25.4. The average Bonchev–Trinajstić information content (AvgIpc) is 2.88. The highest BCUT2D eigenvalue weighted by molar-refractivity contribution is 6.10. The summed E-state index contributed by atoms with van der Waals surface area (Å²) in [5.74, 6) is -0.0607. The first kappa shape index (κ1) is 17.9. The minimum Gasteiger partial charge on any atom is -0.443 e. The van der Waals surface area contributed by atoms with E-state index in [0.717, 1.165) is 10.9 Å². The summed E-state index contributed by atoms with van der Waals surface area (Å²) in [5.41, 5.74) is 2.35. The van der Waals surface area contributed by atoms with Gasteiger partial charge in [-0.3, -0.25) is 4.79 Å². The van der Waals surface area contributed by atoms with Gasteiger partial charge in [0.2, 0.25) is 0 Å². The lowest BCUT2D eigenvalue weighted by Crippen LogP contribution is -2.28. The number of hydrogen-bond acceptors (Lipinski definition) is 3. The molecule has 26 heavy (non-hydrogen) atoms. The molecule has 1 aromatic heterocycles. The van der Waals surface area contributed by atoms with Crippen LogP contribution in [0.5, 0.6) is 0 Å². The number of fused-ring (bicyclic) bond motifs is 1. The van der Waals surface area contributed by atoms with Crippen LogP contribution in [-0.4, -0.2) is 22.0 Å². The second-order valence-electron chi connectivity index (χ2n) is 7.37. The minimum atomic E-state index is -0.622. The Morgan fingerprint density at radius 1 is 0.962 bits per heavy atom.